The Balaban J connectivity index is 1.88. The monoisotopic (exact) mass is 350 g/mol. The van der Waals surface area contributed by atoms with Gasteiger partial charge in [0.1, 0.15) is 11.4 Å². The van der Waals surface area contributed by atoms with Crippen molar-refractivity contribution in [2.75, 3.05) is 11.3 Å². The molecule has 0 saturated heterocycles. The first-order valence-electron chi connectivity index (χ1n) is 7.25. The number of halogens is 1. The van der Waals surface area contributed by atoms with Gasteiger partial charge in [0, 0.05) is 13.1 Å². The molecule has 0 aromatic heterocycles. The minimum absolute atomic E-state index is 0.184. The Bertz CT molecular complexity index is 899. The third kappa shape index (κ3) is 3.10. The molecule has 2 aromatic carbocycles. The summed E-state index contributed by atoms with van der Waals surface area (Å²) in [5, 5.41) is 9.10. The molecule has 0 bridgehead atoms. The lowest BCUT2D eigenvalue weighted by Gasteiger charge is -2.28. The van der Waals surface area contributed by atoms with Crippen LogP contribution in [0.3, 0.4) is 0 Å². The molecule has 2 aromatic rings. The van der Waals surface area contributed by atoms with Crippen LogP contribution >= 0.6 is 0 Å². The highest BCUT2D eigenvalue weighted by Crippen LogP contribution is 2.24. The number of hydrogen-bond acceptors (Lipinski definition) is 3. The van der Waals surface area contributed by atoms with Crippen molar-refractivity contribution in [2.24, 2.45) is 0 Å². The number of anilines is 1. The summed E-state index contributed by atoms with van der Waals surface area (Å²) in [4.78, 5) is 11.2. The molecule has 0 unspecified atom stereocenters. The maximum atomic E-state index is 13.7. The molecule has 1 aliphatic heterocycles. The highest BCUT2D eigenvalue weighted by Gasteiger charge is 2.28. The van der Waals surface area contributed by atoms with Gasteiger partial charge in [-0.3, -0.25) is 4.72 Å². The summed E-state index contributed by atoms with van der Waals surface area (Å²) in [5.74, 6) is -2.53. The van der Waals surface area contributed by atoms with E-state index in [4.69, 9.17) is 5.11 Å². The maximum Gasteiger partial charge on any atom is 0.340 e. The average molecular weight is 350 g/mol. The van der Waals surface area contributed by atoms with Crippen LogP contribution in [0, 0.1) is 5.82 Å². The Hall–Kier alpha value is -2.45. The first-order chi connectivity index (χ1) is 11.4. The van der Waals surface area contributed by atoms with Crippen LogP contribution in [0.1, 0.15) is 21.5 Å². The van der Waals surface area contributed by atoms with E-state index < -0.39 is 27.6 Å². The van der Waals surface area contributed by atoms with E-state index >= 15 is 0 Å². The molecule has 1 heterocycles. The number of rotatable bonds is 4. The van der Waals surface area contributed by atoms with Gasteiger partial charge < -0.3 is 5.11 Å². The van der Waals surface area contributed by atoms with Crippen LogP contribution in [-0.4, -0.2) is 30.3 Å². The Morgan fingerprint density at radius 2 is 1.83 bits per heavy atom. The predicted octanol–water partition coefficient (Wildman–Crippen LogP) is 2.24. The van der Waals surface area contributed by atoms with Gasteiger partial charge in [-0.2, -0.15) is 12.7 Å². The molecular weight excluding hydrogens is 335 g/mol. The number of carbonyl (C=O) groups is 1. The second-order valence-electron chi connectivity index (χ2n) is 5.43. The molecule has 24 heavy (non-hydrogen) atoms. The van der Waals surface area contributed by atoms with Crippen LogP contribution < -0.4 is 4.72 Å². The third-order valence-corrected chi connectivity index (χ3v) is 5.37. The van der Waals surface area contributed by atoms with E-state index in [9.17, 15) is 17.6 Å². The van der Waals surface area contributed by atoms with Gasteiger partial charge in [0.2, 0.25) is 0 Å². The summed E-state index contributed by atoms with van der Waals surface area (Å²) in [6.07, 6.45) is 0.562. The van der Waals surface area contributed by atoms with Crippen molar-refractivity contribution >= 4 is 21.9 Å². The molecule has 3 rings (SSSR count). The minimum Gasteiger partial charge on any atom is -0.478 e. The van der Waals surface area contributed by atoms with Gasteiger partial charge in [-0.1, -0.05) is 30.3 Å². The largest absolute Gasteiger partial charge is 0.478 e. The van der Waals surface area contributed by atoms with Gasteiger partial charge in [-0.25, -0.2) is 9.18 Å². The number of nitrogens with one attached hydrogen (secondary N) is 1. The van der Waals surface area contributed by atoms with Crippen molar-refractivity contribution in [2.45, 2.75) is 13.0 Å². The van der Waals surface area contributed by atoms with Crippen LogP contribution in [-0.2, 0) is 23.2 Å². The van der Waals surface area contributed by atoms with Gasteiger partial charge in [0.05, 0.1) is 5.69 Å². The van der Waals surface area contributed by atoms with Crippen molar-refractivity contribution in [3.63, 3.8) is 0 Å². The second-order valence-corrected chi connectivity index (χ2v) is 7.10. The van der Waals surface area contributed by atoms with E-state index in [-0.39, 0.29) is 18.8 Å². The fraction of sp³-hybridized carbons (Fsp3) is 0.188. The smallest absolute Gasteiger partial charge is 0.340 e. The quantitative estimate of drug-likeness (QED) is 0.885. The summed E-state index contributed by atoms with van der Waals surface area (Å²) in [6.45, 7) is 0.452. The van der Waals surface area contributed by atoms with Crippen LogP contribution in [0.25, 0.3) is 0 Å². The van der Waals surface area contributed by atoms with Gasteiger partial charge >= 0.3 is 16.2 Å². The lowest BCUT2D eigenvalue weighted by molar-refractivity contribution is 0.0693. The number of hydrogen-bond donors (Lipinski definition) is 2. The van der Waals surface area contributed by atoms with E-state index in [2.05, 4.69) is 4.72 Å². The van der Waals surface area contributed by atoms with E-state index in [0.29, 0.717) is 6.42 Å². The molecule has 0 amide bonds. The topological polar surface area (TPSA) is 86.7 Å². The summed E-state index contributed by atoms with van der Waals surface area (Å²) in [6, 6.07) is 11.0. The Morgan fingerprint density at radius 3 is 2.54 bits per heavy atom. The molecular formula is C16H15FN2O4S. The molecule has 8 heteroatoms. The predicted molar refractivity (Wildman–Crippen MR) is 86.5 cm³/mol. The summed E-state index contributed by atoms with van der Waals surface area (Å²) in [5.41, 5.74) is 0.993. The number of fused-ring (bicyclic) bond motifs is 1. The van der Waals surface area contributed by atoms with Crippen molar-refractivity contribution in [1.29, 1.82) is 0 Å². The van der Waals surface area contributed by atoms with Crippen molar-refractivity contribution in [3.8, 4) is 0 Å². The van der Waals surface area contributed by atoms with Crippen molar-refractivity contribution < 1.29 is 22.7 Å². The molecule has 0 fully saturated rings. The van der Waals surface area contributed by atoms with Crippen LogP contribution in [0.5, 0.6) is 0 Å². The standard InChI is InChI=1S/C16H15FN2O4S/c17-13-6-3-7-14(15(13)16(20)21)18-24(22,23)19-9-8-11-4-1-2-5-12(11)10-19/h1-7,18H,8-10H2,(H,20,21). The summed E-state index contributed by atoms with van der Waals surface area (Å²) >= 11 is 0. The zero-order chi connectivity index (χ0) is 17.3. The number of carboxylic acid groups (broad SMARTS) is 1. The molecule has 6 nitrogen and oxygen atoms in total. The highest BCUT2D eigenvalue weighted by molar-refractivity contribution is 7.90. The third-order valence-electron chi connectivity index (χ3n) is 3.90. The van der Waals surface area contributed by atoms with Crippen LogP contribution in [0.15, 0.2) is 42.5 Å². The normalized spacial score (nSPS) is 14.9. The fourth-order valence-electron chi connectivity index (χ4n) is 2.71. The van der Waals surface area contributed by atoms with Crippen molar-refractivity contribution in [3.05, 3.63) is 65.0 Å². The number of aromatic carboxylic acids is 1. The number of benzene rings is 2. The molecule has 0 aliphatic carbocycles. The van der Waals surface area contributed by atoms with E-state index in [1.807, 2.05) is 24.3 Å². The number of nitrogens with zero attached hydrogens (tertiary/aromatic N) is 1. The van der Waals surface area contributed by atoms with Gasteiger partial charge in [0.15, 0.2) is 0 Å². The first kappa shape index (κ1) is 16.4. The maximum absolute atomic E-state index is 13.7. The highest BCUT2D eigenvalue weighted by atomic mass is 32.2. The Kier molecular flexibility index (Phi) is 4.25. The minimum atomic E-state index is -4.00. The first-order valence-corrected chi connectivity index (χ1v) is 8.69. The Morgan fingerprint density at radius 1 is 1.12 bits per heavy atom. The fourth-order valence-corrected chi connectivity index (χ4v) is 3.92. The van der Waals surface area contributed by atoms with Gasteiger partial charge in [-0.15, -0.1) is 0 Å². The zero-order valence-corrected chi connectivity index (χ0v) is 13.4. The molecule has 0 spiro atoms. The van der Waals surface area contributed by atoms with E-state index in [1.165, 1.54) is 16.4 Å². The van der Waals surface area contributed by atoms with E-state index in [0.717, 1.165) is 17.2 Å². The lowest BCUT2D eigenvalue weighted by atomic mass is 10.0. The molecule has 2 N–H and O–H groups in total. The van der Waals surface area contributed by atoms with E-state index in [1.54, 1.807) is 0 Å². The molecule has 0 saturated carbocycles. The molecule has 126 valence electrons. The average Bonchev–Trinajstić information content (AvgIpc) is 2.53. The van der Waals surface area contributed by atoms with Crippen LogP contribution in [0.2, 0.25) is 0 Å². The van der Waals surface area contributed by atoms with Gasteiger partial charge in [0.25, 0.3) is 0 Å². The lowest BCUT2D eigenvalue weighted by Crippen LogP contribution is -2.39. The Labute approximate surface area is 138 Å². The van der Waals surface area contributed by atoms with Gasteiger partial charge in [-0.05, 0) is 29.7 Å². The number of carboxylic acids is 1. The summed E-state index contributed by atoms with van der Waals surface area (Å²) in [7, 11) is -4.00. The second kappa shape index (κ2) is 6.21. The molecule has 0 radical (unpaired) electrons. The zero-order valence-electron chi connectivity index (χ0n) is 12.6. The summed E-state index contributed by atoms with van der Waals surface area (Å²) < 4.78 is 42.2. The van der Waals surface area contributed by atoms with Crippen LogP contribution in [0.4, 0.5) is 10.1 Å². The SMILES string of the molecule is O=C(O)c1c(F)cccc1NS(=O)(=O)N1CCc2ccccc2C1. The van der Waals surface area contributed by atoms with Crippen molar-refractivity contribution in [1.82, 2.24) is 4.31 Å². The molecule has 0 atom stereocenters. The molecule has 1 aliphatic rings.